The number of aromatic nitrogens is 1. The van der Waals surface area contributed by atoms with E-state index in [1.165, 1.54) is 12.0 Å². The Kier molecular flexibility index (Phi) is 7.39. The minimum atomic E-state index is -0.328. The Labute approximate surface area is 211 Å². The van der Waals surface area contributed by atoms with Crippen LogP contribution in [0.4, 0.5) is 5.69 Å². The number of aliphatic hydroxyl groups is 1. The summed E-state index contributed by atoms with van der Waals surface area (Å²) in [5.41, 5.74) is 3.32. The number of non-ortho nitro benzene ring substituents is 1. The van der Waals surface area contributed by atoms with E-state index in [9.17, 15) is 15.2 Å². The molecule has 1 unspecified atom stereocenters. The number of hydrogen-bond donors (Lipinski definition) is 1. The van der Waals surface area contributed by atoms with Gasteiger partial charge in [-0.25, -0.2) is 0 Å². The second kappa shape index (κ2) is 10.7. The zero-order chi connectivity index (χ0) is 24.4. The number of fused-ring (bicyclic) bond motifs is 1. The van der Waals surface area contributed by atoms with Gasteiger partial charge in [-0.05, 0) is 80.6 Å². The zero-order valence-corrected chi connectivity index (χ0v) is 20.7. The monoisotopic (exact) mass is 496 g/mol. The van der Waals surface area contributed by atoms with Crippen molar-refractivity contribution in [2.75, 3.05) is 32.8 Å². The van der Waals surface area contributed by atoms with E-state index < -0.39 is 0 Å². The molecule has 2 fully saturated rings. The highest BCUT2D eigenvalue weighted by Gasteiger charge is 2.29. The van der Waals surface area contributed by atoms with Crippen LogP contribution < -0.4 is 0 Å². The van der Waals surface area contributed by atoms with Gasteiger partial charge in [-0.1, -0.05) is 23.7 Å². The Morgan fingerprint density at radius 3 is 2.51 bits per heavy atom. The lowest BCUT2D eigenvalue weighted by Crippen LogP contribution is -2.48. The largest absolute Gasteiger partial charge is 0.396 e. The van der Waals surface area contributed by atoms with Gasteiger partial charge in [-0.15, -0.1) is 0 Å². The lowest BCUT2D eigenvalue weighted by Gasteiger charge is -2.42. The van der Waals surface area contributed by atoms with E-state index in [1.807, 2.05) is 30.3 Å². The van der Waals surface area contributed by atoms with Crippen LogP contribution >= 0.6 is 11.6 Å². The van der Waals surface area contributed by atoms with Crippen LogP contribution in [0.1, 0.15) is 36.8 Å². The van der Waals surface area contributed by atoms with Crippen LogP contribution in [-0.2, 0) is 13.1 Å². The second-order valence-electron chi connectivity index (χ2n) is 10.1. The van der Waals surface area contributed by atoms with Gasteiger partial charge in [0.1, 0.15) is 0 Å². The molecule has 35 heavy (non-hydrogen) atoms. The van der Waals surface area contributed by atoms with E-state index >= 15 is 0 Å². The summed E-state index contributed by atoms with van der Waals surface area (Å²) < 4.78 is 2.12. The van der Waals surface area contributed by atoms with Crippen LogP contribution in [0.25, 0.3) is 10.9 Å². The zero-order valence-electron chi connectivity index (χ0n) is 20.0. The first-order valence-electron chi connectivity index (χ1n) is 12.6. The Bertz CT molecular complexity index is 1170. The van der Waals surface area contributed by atoms with Crippen LogP contribution in [-0.4, -0.2) is 63.2 Å². The second-order valence-corrected chi connectivity index (χ2v) is 10.5. The normalized spacial score (nSPS) is 20.5. The summed E-state index contributed by atoms with van der Waals surface area (Å²) in [5.74, 6) is 0.428. The predicted molar refractivity (Wildman–Crippen MR) is 139 cm³/mol. The summed E-state index contributed by atoms with van der Waals surface area (Å²) >= 11 is 6.05. The van der Waals surface area contributed by atoms with Crippen molar-refractivity contribution in [1.82, 2.24) is 14.4 Å². The van der Waals surface area contributed by atoms with Crippen molar-refractivity contribution in [3.8, 4) is 0 Å². The van der Waals surface area contributed by atoms with Gasteiger partial charge in [-0.3, -0.25) is 19.9 Å². The Morgan fingerprint density at radius 1 is 1.03 bits per heavy atom. The van der Waals surface area contributed by atoms with Crippen molar-refractivity contribution in [2.24, 2.45) is 5.92 Å². The highest BCUT2D eigenvalue weighted by molar-refractivity contribution is 6.30. The van der Waals surface area contributed by atoms with Gasteiger partial charge in [0.15, 0.2) is 0 Å². The summed E-state index contributed by atoms with van der Waals surface area (Å²) in [6.45, 7) is 6.04. The smallest absolute Gasteiger partial charge is 0.271 e. The maximum absolute atomic E-state index is 11.4. The topological polar surface area (TPSA) is 74.8 Å². The first kappa shape index (κ1) is 24.3. The molecule has 1 atom stereocenters. The molecule has 1 aromatic heterocycles. The van der Waals surface area contributed by atoms with E-state index in [4.69, 9.17) is 11.6 Å². The highest BCUT2D eigenvalue weighted by atomic mass is 35.5. The fourth-order valence-corrected chi connectivity index (χ4v) is 5.90. The first-order chi connectivity index (χ1) is 17.0. The Morgan fingerprint density at radius 2 is 1.80 bits per heavy atom. The van der Waals surface area contributed by atoms with Crippen molar-refractivity contribution in [2.45, 2.75) is 44.8 Å². The maximum atomic E-state index is 11.4. The summed E-state index contributed by atoms with van der Waals surface area (Å²) in [6, 6.07) is 13.6. The summed E-state index contributed by atoms with van der Waals surface area (Å²) in [4.78, 5) is 16.2. The number of piperidine rings is 2. The number of likely N-dealkylation sites (tertiary alicyclic amines) is 2. The SMILES string of the molecule is O=[N+]([O-])c1ccc2c(CN3CCC(N4CCCC(CO)C4)CC3)cn(Cc3ccc(Cl)cc3)c2c1. The average Bonchev–Trinajstić information content (AvgIpc) is 3.22. The van der Waals surface area contributed by atoms with Crippen molar-refractivity contribution < 1.29 is 10.0 Å². The van der Waals surface area contributed by atoms with Gasteiger partial charge in [-0.2, -0.15) is 0 Å². The van der Waals surface area contributed by atoms with Crippen molar-refractivity contribution in [3.63, 3.8) is 0 Å². The third-order valence-electron chi connectivity index (χ3n) is 7.70. The van der Waals surface area contributed by atoms with Crippen LogP contribution in [0.3, 0.4) is 0 Å². The van der Waals surface area contributed by atoms with Gasteiger partial charge in [0, 0.05) is 61.0 Å². The van der Waals surface area contributed by atoms with Crippen LogP contribution in [0, 0.1) is 16.0 Å². The minimum absolute atomic E-state index is 0.114. The third-order valence-corrected chi connectivity index (χ3v) is 7.95. The van der Waals surface area contributed by atoms with Gasteiger partial charge >= 0.3 is 0 Å². The van der Waals surface area contributed by atoms with Crippen molar-refractivity contribution in [3.05, 3.63) is 74.9 Å². The molecule has 0 spiro atoms. The number of benzene rings is 2. The molecule has 2 saturated heterocycles. The van der Waals surface area contributed by atoms with E-state index in [1.54, 1.807) is 12.1 Å². The number of aliphatic hydroxyl groups excluding tert-OH is 1. The maximum Gasteiger partial charge on any atom is 0.271 e. The van der Waals surface area contributed by atoms with E-state index in [0.717, 1.165) is 68.5 Å². The van der Waals surface area contributed by atoms with Crippen LogP contribution in [0.2, 0.25) is 5.02 Å². The van der Waals surface area contributed by atoms with Gasteiger partial charge < -0.3 is 9.67 Å². The number of halogens is 1. The standard InChI is InChI=1S/C27H33ClN4O3/c28-23-5-3-20(4-6-23)15-31-18-22(26-8-7-25(32(34)35)14-27(26)31)17-29-12-9-24(10-13-29)30-11-1-2-21(16-30)19-33/h3-8,14,18,21,24,33H,1-2,9-13,15-17,19H2. The lowest BCUT2D eigenvalue weighted by atomic mass is 9.94. The molecule has 186 valence electrons. The highest BCUT2D eigenvalue weighted by Crippen LogP contribution is 2.30. The molecule has 5 rings (SSSR count). The summed E-state index contributed by atoms with van der Waals surface area (Å²) in [5, 5.41) is 22.8. The van der Waals surface area contributed by atoms with Gasteiger partial charge in [0.2, 0.25) is 0 Å². The minimum Gasteiger partial charge on any atom is -0.396 e. The first-order valence-corrected chi connectivity index (χ1v) is 13.0. The fraction of sp³-hybridized carbons (Fsp3) is 0.481. The molecule has 8 heteroatoms. The van der Waals surface area contributed by atoms with Gasteiger partial charge in [0.05, 0.1) is 10.4 Å². The summed E-state index contributed by atoms with van der Waals surface area (Å²) in [7, 11) is 0. The third kappa shape index (κ3) is 5.54. The number of nitro benzene ring substituents is 1. The molecular formula is C27H33ClN4O3. The number of rotatable bonds is 7. The lowest BCUT2D eigenvalue weighted by molar-refractivity contribution is -0.384. The Hall–Kier alpha value is -2.45. The number of nitro groups is 1. The molecule has 2 aliphatic heterocycles. The molecule has 7 nitrogen and oxygen atoms in total. The molecule has 3 heterocycles. The summed E-state index contributed by atoms with van der Waals surface area (Å²) in [6.07, 6.45) is 6.78. The molecule has 1 N–H and O–H groups in total. The molecule has 2 aromatic carbocycles. The predicted octanol–water partition coefficient (Wildman–Crippen LogP) is 4.92. The van der Waals surface area contributed by atoms with Crippen molar-refractivity contribution >= 4 is 28.2 Å². The molecule has 0 aliphatic carbocycles. The van der Waals surface area contributed by atoms with Crippen LogP contribution in [0.5, 0.6) is 0 Å². The molecule has 2 aliphatic rings. The quantitative estimate of drug-likeness (QED) is 0.371. The van der Waals surface area contributed by atoms with E-state index in [-0.39, 0.29) is 10.6 Å². The fourth-order valence-electron chi connectivity index (χ4n) is 5.77. The number of hydrogen-bond acceptors (Lipinski definition) is 5. The van der Waals surface area contributed by atoms with Crippen molar-refractivity contribution in [1.29, 1.82) is 0 Å². The molecule has 0 bridgehead atoms. The molecule has 0 amide bonds. The van der Waals surface area contributed by atoms with Gasteiger partial charge in [0.25, 0.3) is 5.69 Å². The number of nitrogens with zero attached hydrogens (tertiary/aromatic N) is 4. The Balaban J connectivity index is 1.32. The molecular weight excluding hydrogens is 464 g/mol. The van der Waals surface area contributed by atoms with Crippen LogP contribution in [0.15, 0.2) is 48.7 Å². The molecule has 0 saturated carbocycles. The van der Waals surface area contributed by atoms with E-state index in [0.29, 0.717) is 30.1 Å². The average molecular weight is 497 g/mol. The molecule has 3 aromatic rings. The van der Waals surface area contributed by atoms with E-state index in [2.05, 4.69) is 20.6 Å². The molecule has 0 radical (unpaired) electrons.